The first kappa shape index (κ1) is 14.1. The Morgan fingerprint density at radius 2 is 1.81 bits per heavy atom. The summed E-state index contributed by atoms with van der Waals surface area (Å²) in [6.45, 7) is 3.05. The van der Waals surface area contributed by atoms with Crippen LogP contribution in [0.3, 0.4) is 0 Å². The number of amides is 2. The molecule has 112 valence electrons. The van der Waals surface area contributed by atoms with E-state index >= 15 is 0 Å². The molecule has 1 aromatic rings. The number of carbonyl (C=O) groups is 2. The Hall–Kier alpha value is -1.88. The van der Waals surface area contributed by atoms with E-state index in [9.17, 15) is 9.59 Å². The molecule has 5 nitrogen and oxygen atoms in total. The zero-order valence-electron chi connectivity index (χ0n) is 12.0. The van der Waals surface area contributed by atoms with Crippen molar-refractivity contribution in [3.8, 4) is 0 Å². The number of rotatable bonds is 4. The van der Waals surface area contributed by atoms with E-state index in [0.29, 0.717) is 38.4 Å². The number of hydrogen-bond donors (Lipinski definition) is 1. The molecule has 3 rings (SSSR count). The minimum atomic E-state index is 0.0480. The average molecular weight is 288 g/mol. The summed E-state index contributed by atoms with van der Waals surface area (Å²) in [5.41, 5.74) is 1.71. The molecule has 1 saturated carbocycles. The number of nitrogens with one attached hydrogen (secondary N) is 1. The first-order valence-electron chi connectivity index (χ1n) is 7.48. The summed E-state index contributed by atoms with van der Waals surface area (Å²) in [5, 5.41) is 2.92. The van der Waals surface area contributed by atoms with Gasteiger partial charge in [-0.15, -0.1) is 0 Å². The highest BCUT2D eigenvalue weighted by atomic mass is 16.5. The molecule has 1 N–H and O–H groups in total. The highest BCUT2D eigenvalue weighted by Crippen LogP contribution is 2.28. The Labute approximate surface area is 124 Å². The molecular formula is C16H20N2O3. The lowest BCUT2D eigenvalue weighted by molar-refractivity contribution is -0.122. The molecule has 21 heavy (non-hydrogen) atoms. The molecule has 5 heteroatoms. The van der Waals surface area contributed by atoms with Gasteiger partial charge in [-0.25, -0.2) is 0 Å². The molecule has 0 radical (unpaired) electrons. The molecule has 1 heterocycles. The second kappa shape index (κ2) is 6.26. The fourth-order valence-electron chi connectivity index (χ4n) is 2.39. The molecule has 1 aliphatic carbocycles. The van der Waals surface area contributed by atoms with Crippen LogP contribution in [0.15, 0.2) is 24.3 Å². The molecule has 0 atom stereocenters. The number of morpholine rings is 1. The van der Waals surface area contributed by atoms with Gasteiger partial charge in [-0.3, -0.25) is 9.59 Å². The standard InChI is InChI=1S/C16H20N2O3/c19-15(13-5-6-13)17-11-12-1-3-14(4-2-12)16(20)18-7-9-21-10-8-18/h1-4,13H,5-11H2,(H,17,19). The third-order valence-electron chi connectivity index (χ3n) is 3.91. The second-order valence-corrected chi connectivity index (χ2v) is 5.59. The van der Waals surface area contributed by atoms with Crippen LogP contribution in [0.1, 0.15) is 28.8 Å². The van der Waals surface area contributed by atoms with Crippen molar-refractivity contribution in [3.05, 3.63) is 35.4 Å². The van der Waals surface area contributed by atoms with Crippen LogP contribution in [-0.2, 0) is 16.1 Å². The monoisotopic (exact) mass is 288 g/mol. The van der Waals surface area contributed by atoms with Crippen LogP contribution in [0.25, 0.3) is 0 Å². The third-order valence-corrected chi connectivity index (χ3v) is 3.91. The van der Waals surface area contributed by atoms with E-state index in [0.717, 1.165) is 18.4 Å². The molecule has 1 aliphatic heterocycles. The first-order valence-corrected chi connectivity index (χ1v) is 7.48. The molecule has 1 aromatic carbocycles. The summed E-state index contributed by atoms with van der Waals surface area (Å²) in [6.07, 6.45) is 2.03. The average Bonchev–Trinajstić information content (AvgIpc) is 3.38. The van der Waals surface area contributed by atoms with Crippen molar-refractivity contribution >= 4 is 11.8 Å². The second-order valence-electron chi connectivity index (χ2n) is 5.59. The zero-order valence-corrected chi connectivity index (χ0v) is 12.0. The molecule has 2 fully saturated rings. The van der Waals surface area contributed by atoms with Crippen LogP contribution < -0.4 is 5.32 Å². The number of ether oxygens (including phenoxy) is 1. The van der Waals surface area contributed by atoms with Gasteiger partial charge in [-0.2, -0.15) is 0 Å². The van der Waals surface area contributed by atoms with Crippen molar-refractivity contribution < 1.29 is 14.3 Å². The van der Waals surface area contributed by atoms with Gasteiger partial charge in [-0.05, 0) is 30.5 Å². The van der Waals surface area contributed by atoms with Gasteiger partial charge in [0.05, 0.1) is 13.2 Å². The number of hydrogen-bond acceptors (Lipinski definition) is 3. The van der Waals surface area contributed by atoms with Crippen molar-refractivity contribution in [1.29, 1.82) is 0 Å². The molecule has 2 amide bonds. The molecule has 2 aliphatic rings. The fraction of sp³-hybridized carbons (Fsp3) is 0.500. The number of benzene rings is 1. The Morgan fingerprint density at radius 1 is 1.14 bits per heavy atom. The topological polar surface area (TPSA) is 58.6 Å². The summed E-state index contributed by atoms with van der Waals surface area (Å²) < 4.78 is 5.25. The van der Waals surface area contributed by atoms with E-state index in [1.807, 2.05) is 29.2 Å². The van der Waals surface area contributed by atoms with Gasteiger partial charge >= 0.3 is 0 Å². The lowest BCUT2D eigenvalue weighted by atomic mass is 10.1. The van der Waals surface area contributed by atoms with Crippen LogP contribution in [0, 0.1) is 5.92 Å². The minimum Gasteiger partial charge on any atom is -0.378 e. The van der Waals surface area contributed by atoms with Crippen LogP contribution in [-0.4, -0.2) is 43.0 Å². The quantitative estimate of drug-likeness (QED) is 0.905. The Balaban J connectivity index is 1.55. The summed E-state index contributed by atoms with van der Waals surface area (Å²) in [4.78, 5) is 25.7. The Kier molecular flexibility index (Phi) is 4.20. The molecule has 0 bridgehead atoms. The van der Waals surface area contributed by atoms with E-state index in [4.69, 9.17) is 4.74 Å². The summed E-state index contributed by atoms with van der Waals surface area (Å²) in [7, 11) is 0. The lowest BCUT2D eigenvalue weighted by Crippen LogP contribution is -2.40. The Bertz CT molecular complexity index is 517. The summed E-state index contributed by atoms with van der Waals surface area (Å²) >= 11 is 0. The van der Waals surface area contributed by atoms with Crippen molar-refractivity contribution in [1.82, 2.24) is 10.2 Å². The van der Waals surface area contributed by atoms with Gasteiger partial charge in [-0.1, -0.05) is 12.1 Å². The van der Waals surface area contributed by atoms with Crippen LogP contribution in [0.5, 0.6) is 0 Å². The molecule has 0 aromatic heterocycles. The number of nitrogens with zero attached hydrogens (tertiary/aromatic N) is 1. The van der Waals surface area contributed by atoms with E-state index in [-0.39, 0.29) is 17.7 Å². The van der Waals surface area contributed by atoms with Gasteiger partial charge < -0.3 is 15.0 Å². The maximum atomic E-state index is 12.3. The SMILES string of the molecule is O=C(NCc1ccc(C(=O)N2CCOCC2)cc1)C1CC1. The van der Waals surface area contributed by atoms with Crippen LogP contribution >= 0.6 is 0 Å². The molecular weight excluding hydrogens is 268 g/mol. The highest BCUT2D eigenvalue weighted by molar-refractivity contribution is 5.94. The van der Waals surface area contributed by atoms with Crippen molar-refractivity contribution in [2.75, 3.05) is 26.3 Å². The lowest BCUT2D eigenvalue weighted by Gasteiger charge is -2.26. The maximum absolute atomic E-state index is 12.3. The van der Waals surface area contributed by atoms with Gasteiger partial charge in [0.15, 0.2) is 0 Å². The van der Waals surface area contributed by atoms with Crippen molar-refractivity contribution in [2.24, 2.45) is 5.92 Å². The van der Waals surface area contributed by atoms with E-state index in [1.54, 1.807) is 0 Å². The first-order chi connectivity index (χ1) is 10.2. The van der Waals surface area contributed by atoms with Gasteiger partial charge in [0.2, 0.25) is 5.91 Å². The van der Waals surface area contributed by atoms with Gasteiger partial charge in [0, 0.05) is 31.1 Å². The normalized spacial score (nSPS) is 18.4. The molecule has 0 spiro atoms. The largest absolute Gasteiger partial charge is 0.378 e. The summed E-state index contributed by atoms with van der Waals surface area (Å²) in [5.74, 6) is 0.419. The van der Waals surface area contributed by atoms with Crippen LogP contribution in [0.4, 0.5) is 0 Å². The van der Waals surface area contributed by atoms with E-state index in [2.05, 4.69) is 5.32 Å². The smallest absolute Gasteiger partial charge is 0.254 e. The summed E-state index contributed by atoms with van der Waals surface area (Å²) in [6, 6.07) is 7.47. The zero-order chi connectivity index (χ0) is 14.7. The maximum Gasteiger partial charge on any atom is 0.254 e. The highest BCUT2D eigenvalue weighted by Gasteiger charge is 2.29. The fourth-order valence-corrected chi connectivity index (χ4v) is 2.39. The van der Waals surface area contributed by atoms with Crippen LogP contribution in [0.2, 0.25) is 0 Å². The Morgan fingerprint density at radius 3 is 2.43 bits per heavy atom. The molecule has 0 unspecified atom stereocenters. The van der Waals surface area contributed by atoms with Crippen molar-refractivity contribution in [2.45, 2.75) is 19.4 Å². The minimum absolute atomic E-state index is 0.0480. The predicted molar refractivity (Wildman–Crippen MR) is 77.7 cm³/mol. The van der Waals surface area contributed by atoms with E-state index in [1.165, 1.54) is 0 Å². The van der Waals surface area contributed by atoms with Gasteiger partial charge in [0.25, 0.3) is 5.91 Å². The number of carbonyl (C=O) groups excluding carboxylic acids is 2. The van der Waals surface area contributed by atoms with E-state index < -0.39 is 0 Å². The third kappa shape index (κ3) is 3.61. The molecule has 1 saturated heterocycles. The van der Waals surface area contributed by atoms with Crippen molar-refractivity contribution in [3.63, 3.8) is 0 Å². The predicted octanol–water partition coefficient (Wildman–Crippen LogP) is 1.19. The van der Waals surface area contributed by atoms with Gasteiger partial charge in [0.1, 0.15) is 0 Å².